The van der Waals surface area contributed by atoms with Crippen LogP contribution in [0.2, 0.25) is 0 Å². The minimum atomic E-state index is -4.54. The Labute approximate surface area is 126 Å². The Bertz CT molecular complexity index is 573. The molecule has 0 atom stereocenters. The second-order valence-electron chi connectivity index (χ2n) is 5.20. The fourth-order valence-corrected chi connectivity index (χ4v) is 2.19. The molecule has 0 radical (unpaired) electrons. The molecule has 3 nitrogen and oxygen atoms in total. The molecule has 1 saturated heterocycles. The molecule has 0 aliphatic carbocycles. The molecule has 2 heterocycles. The largest absolute Gasteiger partial charge is 0.433 e. The standard InChI is InChI=1S/C15H17F4N3/c1-11(16)3-4-12-9-13(10-14(20-12)15(17,18)19)22-7-5-21(2)6-8-22/h3-4,9-10H,1,5-8H2,2H3/b4-3+. The second-order valence-corrected chi connectivity index (χ2v) is 5.20. The highest BCUT2D eigenvalue weighted by Gasteiger charge is 2.33. The molecule has 2 rings (SSSR count). The van der Waals surface area contributed by atoms with Gasteiger partial charge >= 0.3 is 6.18 Å². The van der Waals surface area contributed by atoms with Crippen LogP contribution in [0, 0.1) is 0 Å². The quantitative estimate of drug-likeness (QED) is 0.630. The molecule has 120 valence electrons. The molecule has 0 saturated carbocycles. The van der Waals surface area contributed by atoms with Crippen LogP contribution in [0.5, 0.6) is 0 Å². The second kappa shape index (κ2) is 6.48. The third kappa shape index (κ3) is 4.30. The van der Waals surface area contributed by atoms with Gasteiger partial charge < -0.3 is 9.80 Å². The van der Waals surface area contributed by atoms with Crippen molar-refractivity contribution in [1.82, 2.24) is 9.88 Å². The summed E-state index contributed by atoms with van der Waals surface area (Å²) in [6.45, 7) is 5.86. The molecule has 7 heteroatoms. The van der Waals surface area contributed by atoms with Crippen LogP contribution >= 0.6 is 0 Å². The number of anilines is 1. The minimum Gasteiger partial charge on any atom is -0.369 e. The predicted molar refractivity (Wildman–Crippen MR) is 78.2 cm³/mol. The summed E-state index contributed by atoms with van der Waals surface area (Å²) in [4.78, 5) is 7.51. The summed E-state index contributed by atoms with van der Waals surface area (Å²) in [6, 6.07) is 2.56. The zero-order valence-electron chi connectivity index (χ0n) is 12.2. The Morgan fingerprint density at radius 1 is 1.23 bits per heavy atom. The SMILES string of the molecule is C=C(F)/C=C/c1cc(N2CCN(C)CC2)cc(C(F)(F)F)n1. The molecular formula is C15H17F4N3. The maximum Gasteiger partial charge on any atom is 0.433 e. The maximum atomic E-state index is 13.0. The number of likely N-dealkylation sites (N-methyl/N-ethyl adjacent to an activating group) is 1. The summed E-state index contributed by atoms with van der Waals surface area (Å²) < 4.78 is 51.6. The first-order valence-corrected chi connectivity index (χ1v) is 6.81. The number of allylic oxidation sites excluding steroid dienone is 2. The lowest BCUT2D eigenvalue weighted by Crippen LogP contribution is -2.44. The van der Waals surface area contributed by atoms with Crippen molar-refractivity contribution in [2.45, 2.75) is 6.18 Å². The third-order valence-corrected chi connectivity index (χ3v) is 3.42. The third-order valence-electron chi connectivity index (χ3n) is 3.42. The molecule has 0 amide bonds. The summed E-state index contributed by atoms with van der Waals surface area (Å²) in [5, 5.41) is 0. The Morgan fingerprint density at radius 3 is 2.41 bits per heavy atom. The van der Waals surface area contributed by atoms with Crippen LogP contribution < -0.4 is 4.90 Å². The van der Waals surface area contributed by atoms with Crippen molar-refractivity contribution in [2.75, 3.05) is 38.1 Å². The van der Waals surface area contributed by atoms with Gasteiger partial charge in [0.2, 0.25) is 0 Å². The van der Waals surface area contributed by atoms with Gasteiger partial charge in [-0.2, -0.15) is 13.2 Å². The normalized spacial score (nSPS) is 17.2. The number of hydrogen-bond acceptors (Lipinski definition) is 3. The highest BCUT2D eigenvalue weighted by atomic mass is 19.4. The molecule has 0 aromatic carbocycles. The lowest BCUT2D eigenvalue weighted by atomic mass is 10.2. The van der Waals surface area contributed by atoms with Gasteiger partial charge in [0, 0.05) is 31.9 Å². The number of nitrogens with zero attached hydrogens (tertiary/aromatic N) is 3. The van der Waals surface area contributed by atoms with Gasteiger partial charge in [-0.1, -0.05) is 6.58 Å². The predicted octanol–water partition coefficient (Wildman–Crippen LogP) is 3.35. The zero-order valence-corrected chi connectivity index (χ0v) is 12.2. The van der Waals surface area contributed by atoms with Gasteiger partial charge in [0.05, 0.1) is 5.69 Å². The number of halogens is 4. The monoisotopic (exact) mass is 315 g/mol. The lowest BCUT2D eigenvalue weighted by Gasteiger charge is -2.34. The first-order valence-electron chi connectivity index (χ1n) is 6.81. The average Bonchev–Trinajstić information content (AvgIpc) is 2.44. The van der Waals surface area contributed by atoms with Crippen molar-refractivity contribution in [2.24, 2.45) is 0 Å². The molecule has 1 aliphatic rings. The molecule has 0 bridgehead atoms. The van der Waals surface area contributed by atoms with Gasteiger partial charge in [-0.25, -0.2) is 9.37 Å². The van der Waals surface area contributed by atoms with Crippen molar-refractivity contribution in [1.29, 1.82) is 0 Å². The minimum absolute atomic E-state index is 0.0579. The number of rotatable bonds is 3. The van der Waals surface area contributed by atoms with Crippen LogP contribution in [0.1, 0.15) is 11.4 Å². The van der Waals surface area contributed by atoms with Crippen LogP contribution in [0.3, 0.4) is 0 Å². The summed E-state index contributed by atoms with van der Waals surface area (Å²) in [6.07, 6.45) is -2.36. The van der Waals surface area contributed by atoms with E-state index in [2.05, 4.69) is 16.5 Å². The number of aromatic nitrogens is 1. The van der Waals surface area contributed by atoms with E-state index < -0.39 is 17.7 Å². The van der Waals surface area contributed by atoms with Gasteiger partial charge in [-0.3, -0.25) is 0 Å². The molecule has 1 aromatic heterocycles. The highest BCUT2D eigenvalue weighted by molar-refractivity contribution is 5.58. The Kier molecular flexibility index (Phi) is 4.85. The van der Waals surface area contributed by atoms with Crippen molar-refractivity contribution in [3.8, 4) is 0 Å². The molecular weight excluding hydrogens is 298 g/mol. The lowest BCUT2D eigenvalue weighted by molar-refractivity contribution is -0.141. The van der Waals surface area contributed by atoms with E-state index in [1.165, 1.54) is 12.1 Å². The van der Waals surface area contributed by atoms with Crippen LogP contribution in [-0.2, 0) is 6.18 Å². The number of hydrogen-bond donors (Lipinski definition) is 0. The van der Waals surface area contributed by atoms with Crippen molar-refractivity contribution >= 4 is 11.8 Å². The Morgan fingerprint density at radius 2 is 1.86 bits per heavy atom. The summed E-state index contributed by atoms with van der Waals surface area (Å²) in [5.41, 5.74) is -0.477. The van der Waals surface area contributed by atoms with E-state index in [9.17, 15) is 17.6 Å². The van der Waals surface area contributed by atoms with Gasteiger partial charge in [0.1, 0.15) is 11.5 Å². The number of pyridine rings is 1. The molecule has 1 aromatic rings. The smallest absolute Gasteiger partial charge is 0.369 e. The van der Waals surface area contributed by atoms with Gasteiger partial charge in [0.25, 0.3) is 0 Å². The highest BCUT2D eigenvalue weighted by Crippen LogP contribution is 2.31. The van der Waals surface area contributed by atoms with Crippen LogP contribution in [0.15, 0.2) is 30.6 Å². The Balaban J connectivity index is 2.35. The van der Waals surface area contributed by atoms with Gasteiger partial charge in [-0.05, 0) is 31.3 Å². The molecule has 0 unspecified atom stereocenters. The summed E-state index contributed by atoms with van der Waals surface area (Å²) in [5.74, 6) is -0.736. The van der Waals surface area contributed by atoms with E-state index in [1.54, 1.807) is 0 Å². The van der Waals surface area contributed by atoms with E-state index >= 15 is 0 Å². The number of alkyl halides is 3. The van der Waals surface area contributed by atoms with Crippen molar-refractivity contribution < 1.29 is 17.6 Å². The molecule has 0 spiro atoms. The van der Waals surface area contributed by atoms with E-state index in [0.29, 0.717) is 18.8 Å². The van der Waals surface area contributed by atoms with E-state index in [-0.39, 0.29) is 5.69 Å². The first kappa shape index (κ1) is 16.5. The van der Waals surface area contributed by atoms with E-state index in [4.69, 9.17) is 0 Å². The molecule has 0 N–H and O–H groups in total. The van der Waals surface area contributed by atoms with Crippen LogP contribution in [-0.4, -0.2) is 43.1 Å². The molecule has 1 aliphatic heterocycles. The average molecular weight is 315 g/mol. The van der Waals surface area contributed by atoms with E-state index in [1.807, 2.05) is 11.9 Å². The Hall–Kier alpha value is -1.89. The first-order chi connectivity index (χ1) is 10.3. The fourth-order valence-electron chi connectivity index (χ4n) is 2.19. The van der Waals surface area contributed by atoms with Crippen molar-refractivity contribution in [3.63, 3.8) is 0 Å². The number of piperazine rings is 1. The fraction of sp³-hybridized carbons (Fsp3) is 0.400. The van der Waals surface area contributed by atoms with Gasteiger partial charge in [-0.15, -0.1) is 0 Å². The summed E-state index contributed by atoms with van der Waals surface area (Å²) in [7, 11) is 1.96. The van der Waals surface area contributed by atoms with Crippen LogP contribution in [0.25, 0.3) is 6.08 Å². The zero-order chi connectivity index (χ0) is 16.3. The van der Waals surface area contributed by atoms with Crippen LogP contribution in [0.4, 0.5) is 23.2 Å². The molecule has 22 heavy (non-hydrogen) atoms. The molecule has 1 fully saturated rings. The van der Waals surface area contributed by atoms with Gasteiger partial charge in [0.15, 0.2) is 0 Å². The van der Waals surface area contributed by atoms with Crippen molar-refractivity contribution in [3.05, 3.63) is 42.0 Å². The topological polar surface area (TPSA) is 19.4 Å². The maximum absolute atomic E-state index is 13.0. The summed E-state index contributed by atoms with van der Waals surface area (Å²) >= 11 is 0. The van der Waals surface area contributed by atoms with E-state index in [0.717, 1.165) is 25.2 Å².